The molecule has 0 radical (unpaired) electrons. The van der Waals surface area contributed by atoms with E-state index in [1.807, 2.05) is 0 Å². The van der Waals surface area contributed by atoms with Crippen molar-refractivity contribution >= 4 is 0 Å². The monoisotopic (exact) mass is 239 g/mol. The average Bonchev–Trinajstić information content (AvgIpc) is 2.37. The molecule has 0 aromatic heterocycles. The van der Waals surface area contributed by atoms with E-state index in [0.29, 0.717) is 12.5 Å². The number of hydrogen-bond donors (Lipinski definition) is 0. The van der Waals surface area contributed by atoms with Crippen LogP contribution in [0.4, 0.5) is 0 Å². The number of hydrogen-bond acceptors (Lipinski definition) is 4. The second-order valence-corrected chi connectivity index (χ2v) is 4.65. The van der Waals surface area contributed by atoms with Gasteiger partial charge in [0, 0.05) is 45.8 Å². The van der Waals surface area contributed by atoms with Gasteiger partial charge in [0.25, 0.3) is 0 Å². The van der Waals surface area contributed by atoms with Gasteiger partial charge in [-0.15, -0.1) is 0 Å². The van der Waals surface area contributed by atoms with Crippen molar-refractivity contribution < 1.29 is 4.74 Å². The number of ether oxygens (including phenoxy) is 1. The standard InChI is InChI=1S/C13H25N3O/c1-3-13-12-15(7-5-4-6-14)8-9-16(13)10-11-17-2/h13H,3-5,7-12H2,1-2H3. The molecule has 17 heavy (non-hydrogen) atoms. The van der Waals surface area contributed by atoms with Crippen LogP contribution >= 0.6 is 0 Å². The van der Waals surface area contributed by atoms with Gasteiger partial charge in [-0.2, -0.15) is 5.26 Å². The van der Waals surface area contributed by atoms with Gasteiger partial charge in [0.05, 0.1) is 12.7 Å². The number of rotatable bonds is 7. The molecule has 1 aliphatic heterocycles. The third-order valence-electron chi connectivity index (χ3n) is 3.51. The minimum absolute atomic E-state index is 0.654. The SMILES string of the molecule is CCC1CN(CCCC#N)CCN1CCOC. The molecule has 0 amide bonds. The Bertz CT molecular complexity index is 239. The van der Waals surface area contributed by atoms with Gasteiger partial charge in [-0.05, 0) is 19.4 Å². The Labute approximate surface area is 105 Å². The zero-order valence-corrected chi connectivity index (χ0v) is 11.2. The predicted molar refractivity (Wildman–Crippen MR) is 68.8 cm³/mol. The molecule has 1 aliphatic rings. The molecule has 1 atom stereocenters. The van der Waals surface area contributed by atoms with Crippen molar-refractivity contribution in [2.24, 2.45) is 0 Å². The van der Waals surface area contributed by atoms with Crippen molar-refractivity contribution in [3.63, 3.8) is 0 Å². The maximum atomic E-state index is 8.54. The highest BCUT2D eigenvalue weighted by molar-refractivity contribution is 4.82. The molecule has 0 aromatic carbocycles. The third-order valence-corrected chi connectivity index (χ3v) is 3.51. The van der Waals surface area contributed by atoms with Crippen LogP contribution in [0.25, 0.3) is 0 Å². The molecule has 1 fully saturated rings. The second-order valence-electron chi connectivity index (χ2n) is 4.65. The van der Waals surface area contributed by atoms with Gasteiger partial charge in [-0.1, -0.05) is 6.92 Å². The van der Waals surface area contributed by atoms with Crippen molar-refractivity contribution in [1.29, 1.82) is 5.26 Å². The minimum Gasteiger partial charge on any atom is -0.383 e. The highest BCUT2D eigenvalue weighted by Crippen LogP contribution is 2.13. The first-order valence-electron chi connectivity index (χ1n) is 6.64. The van der Waals surface area contributed by atoms with E-state index in [1.54, 1.807) is 7.11 Å². The van der Waals surface area contributed by atoms with Gasteiger partial charge >= 0.3 is 0 Å². The molecule has 0 N–H and O–H groups in total. The predicted octanol–water partition coefficient (Wildman–Crippen LogP) is 1.33. The molecule has 0 aromatic rings. The lowest BCUT2D eigenvalue weighted by Crippen LogP contribution is -2.53. The van der Waals surface area contributed by atoms with Crippen molar-refractivity contribution in [2.75, 3.05) is 46.4 Å². The summed E-state index contributed by atoms with van der Waals surface area (Å²) in [6.07, 6.45) is 2.88. The molecule has 1 unspecified atom stereocenters. The molecular formula is C13H25N3O. The second kappa shape index (κ2) is 8.46. The topological polar surface area (TPSA) is 39.5 Å². The first-order chi connectivity index (χ1) is 8.31. The van der Waals surface area contributed by atoms with Crippen LogP contribution in [0.15, 0.2) is 0 Å². The summed E-state index contributed by atoms with van der Waals surface area (Å²) in [4.78, 5) is 5.03. The summed E-state index contributed by atoms with van der Waals surface area (Å²) in [5.41, 5.74) is 0. The first kappa shape index (κ1) is 14.4. The van der Waals surface area contributed by atoms with Crippen LogP contribution in [0.1, 0.15) is 26.2 Å². The molecule has 0 aliphatic carbocycles. The van der Waals surface area contributed by atoms with Gasteiger partial charge in [0.15, 0.2) is 0 Å². The summed E-state index contributed by atoms with van der Waals surface area (Å²) in [6.45, 7) is 8.60. The maximum Gasteiger partial charge on any atom is 0.0622 e. The summed E-state index contributed by atoms with van der Waals surface area (Å²) < 4.78 is 5.15. The Morgan fingerprint density at radius 3 is 2.82 bits per heavy atom. The van der Waals surface area contributed by atoms with Gasteiger partial charge in [-0.3, -0.25) is 4.90 Å². The fraction of sp³-hybridized carbons (Fsp3) is 0.923. The summed E-state index contributed by atoms with van der Waals surface area (Å²) in [5, 5.41) is 8.54. The number of nitrogens with zero attached hydrogens (tertiary/aromatic N) is 3. The lowest BCUT2D eigenvalue weighted by atomic mass is 10.1. The Morgan fingerprint density at radius 2 is 2.18 bits per heavy atom. The molecule has 0 spiro atoms. The zero-order valence-electron chi connectivity index (χ0n) is 11.2. The Balaban J connectivity index is 2.30. The van der Waals surface area contributed by atoms with Crippen molar-refractivity contribution in [3.05, 3.63) is 0 Å². The Morgan fingerprint density at radius 1 is 1.35 bits per heavy atom. The largest absolute Gasteiger partial charge is 0.383 e. The molecule has 98 valence electrons. The fourth-order valence-electron chi connectivity index (χ4n) is 2.43. The highest BCUT2D eigenvalue weighted by atomic mass is 16.5. The molecule has 0 bridgehead atoms. The van der Waals surface area contributed by atoms with Gasteiger partial charge in [0.1, 0.15) is 0 Å². The van der Waals surface area contributed by atoms with E-state index in [-0.39, 0.29) is 0 Å². The molecule has 4 nitrogen and oxygen atoms in total. The van der Waals surface area contributed by atoms with Crippen LogP contribution in [-0.4, -0.2) is 62.3 Å². The Kier molecular flexibility index (Phi) is 7.18. The van der Waals surface area contributed by atoms with E-state index in [4.69, 9.17) is 10.00 Å². The zero-order chi connectivity index (χ0) is 12.5. The molecule has 0 saturated carbocycles. The normalized spacial score (nSPS) is 22.5. The van der Waals surface area contributed by atoms with Crippen LogP contribution in [0.3, 0.4) is 0 Å². The molecular weight excluding hydrogens is 214 g/mol. The van der Waals surface area contributed by atoms with Crippen LogP contribution in [-0.2, 0) is 4.74 Å². The number of nitriles is 1. The van der Waals surface area contributed by atoms with Crippen LogP contribution in [0.5, 0.6) is 0 Å². The average molecular weight is 239 g/mol. The number of piperazine rings is 1. The fourth-order valence-corrected chi connectivity index (χ4v) is 2.43. The van der Waals surface area contributed by atoms with Crippen molar-refractivity contribution in [2.45, 2.75) is 32.2 Å². The lowest BCUT2D eigenvalue weighted by Gasteiger charge is -2.41. The van der Waals surface area contributed by atoms with Crippen molar-refractivity contribution in [1.82, 2.24) is 9.80 Å². The molecule has 4 heteroatoms. The van der Waals surface area contributed by atoms with Gasteiger partial charge in [0.2, 0.25) is 0 Å². The minimum atomic E-state index is 0.654. The molecule has 1 saturated heterocycles. The molecule has 1 heterocycles. The van der Waals surface area contributed by atoms with E-state index in [9.17, 15) is 0 Å². The van der Waals surface area contributed by atoms with Gasteiger partial charge in [-0.25, -0.2) is 0 Å². The van der Waals surface area contributed by atoms with E-state index < -0.39 is 0 Å². The summed E-state index contributed by atoms with van der Waals surface area (Å²) in [7, 11) is 1.76. The number of unbranched alkanes of at least 4 members (excludes halogenated alkanes) is 1. The maximum absolute atomic E-state index is 8.54. The van der Waals surface area contributed by atoms with E-state index in [1.165, 1.54) is 6.42 Å². The summed E-state index contributed by atoms with van der Waals surface area (Å²) >= 11 is 0. The van der Waals surface area contributed by atoms with E-state index in [2.05, 4.69) is 22.8 Å². The quantitative estimate of drug-likeness (QED) is 0.628. The smallest absolute Gasteiger partial charge is 0.0622 e. The van der Waals surface area contributed by atoms with E-state index in [0.717, 1.165) is 45.8 Å². The van der Waals surface area contributed by atoms with Crippen molar-refractivity contribution in [3.8, 4) is 6.07 Å². The van der Waals surface area contributed by atoms with Gasteiger partial charge < -0.3 is 9.64 Å². The number of methoxy groups -OCH3 is 1. The van der Waals surface area contributed by atoms with Crippen LogP contribution in [0.2, 0.25) is 0 Å². The first-order valence-corrected chi connectivity index (χ1v) is 6.64. The highest BCUT2D eigenvalue weighted by Gasteiger charge is 2.24. The Hall–Kier alpha value is -0.630. The molecule has 1 rings (SSSR count). The van der Waals surface area contributed by atoms with E-state index >= 15 is 0 Å². The lowest BCUT2D eigenvalue weighted by molar-refractivity contribution is 0.0495. The van der Waals surface area contributed by atoms with Crippen LogP contribution < -0.4 is 0 Å². The van der Waals surface area contributed by atoms with Crippen LogP contribution in [0, 0.1) is 11.3 Å². The summed E-state index contributed by atoms with van der Waals surface area (Å²) in [5.74, 6) is 0. The third kappa shape index (κ3) is 5.03. The summed E-state index contributed by atoms with van der Waals surface area (Å²) in [6, 6.07) is 2.87.